The van der Waals surface area contributed by atoms with Crippen LogP contribution in [0.25, 0.3) is 21.8 Å². The summed E-state index contributed by atoms with van der Waals surface area (Å²) in [6.45, 7) is 0.707. The first kappa shape index (κ1) is 12.9. The highest BCUT2D eigenvalue weighted by Crippen LogP contribution is 2.21. The molecule has 0 aliphatic rings. The molecule has 0 atom stereocenters. The molecule has 0 saturated carbocycles. The maximum Gasteiger partial charge on any atom is 0.107 e. The fourth-order valence-electron chi connectivity index (χ4n) is 2.14. The molecule has 3 nitrogen and oxygen atoms in total. The zero-order valence-corrected chi connectivity index (χ0v) is 10.8. The molecular weight excluding hydrogens is 246 g/mol. The molecule has 1 aromatic heterocycles. The number of aryl methyl sites for hydroxylation is 1. The van der Waals surface area contributed by atoms with Gasteiger partial charge in [-0.1, -0.05) is 24.3 Å². The summed E-state index contributed by atoms with van der Waals surface area (Å²) < 4.78 is 0. The van der Waals surface area contributed by atoms with Crippen LogP contribution >= 0.6 is 12.4 Å². The van der Waals surface area contributed by atoms with Crippen molar-refractivity contribution in [1.82, 2.24) is 9.97 Å². The Morgan fingerprint density at radius 3 is 2.56 bits per heavy atom. The number of benzene rings is 2. The SMILES string of the molecule is Cl.NCCCc1nc2cc3ccccc3cc2[nH]1. The van der Waals surface area contributed by atoms with E-state index < -0.39 is 0 Å². The van der Waals surface area contributed by atoms with E-state index in [0.29, 0.717) is 6.54 Å². The quantitative estimate of drug-likeness (QED) is 0.761. The van der Waals surface area contributed by atoms with Crippen molar-refractivity contribution in [3.8, 4) is 0 Å². The number of aromatic nitrogens is 2. The van der Waals surface area contributed by atoms with E-state index in [1.807, 2.05) is 0 Å². The normalized spacial score (nSPS) is 10.7. The van der Waals surface area contributed by atoms with Crippen molar-refractivity contribution in [3.63, 3.8) is 0 Å². The van der Waals surface area contributed by atoms with Gasteiger partial charge in [0.2, 0.25) is 0 Å². The lowest BCUT2D eigenvalue weighted by molar-refractivity contribution is 0.796. The fourth-order valence-corrected chi connectivity index (χ4v) is 2.14. The number of nitrogens with one attached hydrogen (secondary N) is 1. The largest absolute Gasteiger partial charge is 0.342 e. The van der Waals surface area contributed by atoms with Crippen molar-refractivity contribution in [2.24, 2.45) is 5.73 Å². The standard InChI is InChI=1S/C14H15N3.ClH/c15-7-3-6-14-16-12-8-10-4-1-2-5-11(10)9-13(12)17-14;/h1-2,4-5,8-9H,3,6-7,15H2,(H,16,17);1H. The summed E-state index contributed by atoms with van der Waals surface area (Å²) in [6.07, 6.45) is 1.89. The Morgan fingerprint density at radius 1 is 1.11 bits per heavy atom. The average molecular weight is 262 g/mol. The first-order chi connectivity index (χ1) is 8.36. The summed E-state index contributed by atoms with van der Waals surface area (Å²) in [6, 6.07) is 12.6. The molecule has 0 unspecified atom stereocenters. The molecule has 3 N–H and O–H groups in total. The van der Waals surface area contributed by atoms with Gasteiger partial charge in [-0.15, -0.1) is 12.4 Å². The molecule has 0 radical (unpaired) electrons. The van der Waals surface area contributed by atoms with E-state index in [1.165, 1.54) is 10.8 Å². The smallest absolute Gasteiger partial charge is 0.107 e. The topological polar surface area (TPSA) is 54.7 Å². The van der Waals surface area contributed by atoms with Gasteiger partial charge in [0.15, 0.2) is 0 Å². The first-order valence-electron chi connectivity index (χ1n) is 5.94. The van der Waals surface area contributed by atoms with Crippen LogP contribution in [0.15, 0.2) is 36.4 Å². The van der Waals surface area contributed by atoms with Crippen LogP contribution < -0.4 is 5.73 Å². The zero-order chi connectivity index (χ0) is 11.7. The van der Waals surface area contributed by atoms with E-state index in [4.69, 9.17) is 5.73 Å². The number of aromatic amines is 1. The molecule has 0 aliphatic carbocycles. The highest BCUT2D eigenvalue weighted by molar-refractivity contribution is 5.95. The number of rotatable bonds is 3. The molecule has 0 amide bonds. The van der Waals surface area contributed by atoms with Crippen LogP contribution in [0.2, 0.25) is 0 Å². The van der Waals surface area contributed by atoms with Gasteiger partial charge in [-0.2, -0.15) is 0 Å². The lowest BCUT2D eigenvalue weighted by Gasteiger charge is -1.95. The predicted molar refractivity (Wildman–Crippen MR) is 78.2 cm³/mol. The molecule has 0 saturated heterocycles. The Balaban J connectivity index is 0.00000120. The zero-order valence-electron chi connectivity index (χ0n) is 10.0. The second-order valence-electron chi connectivity index (χ2n) is 4.29. The summed E-state index contributed by atoms with van der Waals surface area (Å²) >= 11 is 0. The van der Waals surface area contributed by atoms with Gasteiger partial charge >= 0.3 is 0 Å². The Bertz CT molecular complexity index is 608. The highest BCUT2D eigenvalue weighted by atomic mass is 35.5. The van der Waals surface area contributed by atoms with Gasteiger partial charge in [-0.25, -0.2) is 4.98 Å². The second-order valence-corrected chi connectivity index (χ2v) is 4.29. The number of hydrogen-bond acceptors (Lipinski definition) is 2. The van der Waals surface area contributed by atoms with Gasteiger partial charge in [-0.3, -0.25) is 0 Å². The van der Waals surface area contributed by atoms with Crippen LogP contribution in [0.1, 0.15) is 12.2 Å². The van der Waals surface area contributed by atoms with E-state index >= 15 is 0 Å². The fraction of sp³-hybridized carbons (Fsp3) is 0.214. The van der Waals surface area contributed by atoms with Gasteiger partial charge in [-0.05, 0) is 35.9 Å². The third-order valence-electron chi connectivity index (χ3n) is 3.02. The summed E-state index contributed by atoms with van der Waals surface area (Å²) in [5, 5.41) is 2.48. The van der Waals surface area contributed by atoms with E-state index in [0.717, 1.165) is 29.7 Å². The van der Waals surface area contributed by atoms with E-state index in [-0.39, 0.29) is 12.4 Å². The molecule has 3 rings (SSSR count). The number of hydrogen-bond donors (Lipinski definition) is 2. The van der Waals surface area contributed by atoms with Crippen LogP contribution in [-0.2, 0) is 6.42 Å². The second kappa shape index (κ2) is 5.38. The van der Waals surface area contributed by atoms with E-state index in [9.17, 15) is 0 Å². The molecule has 18 heavy (non-hydrogen) atoms. The maximum atomic E-state index is 5.51. The molecule has 0 spiro atoms. The molecule has 4 heteroatoms. The van der Waals surface area contributed by atoms with Gasteiger partial charge < -0.3 is 10.7 Å². The number of nitrogens with two attached hydrogens (primary N) is 1. The van der Waals surface area contributed by atoms with Crippen molar-refractivity contribution in [1.29, 1.82) is 0 Å². The Labute approximate surface area is 112 Å². The van der Waals surface area contributed by atoms with E-state index in [1.54, 1.807) is 0 Å². The summed E-state index contributed by atoms with van der Waals surface area (Å²) in [7, 11) is 0. The molecule has 0 fully saturated rings. The van der Waals surface area contributed by atoms with Gasteiger partial charge in [0, 0.05) is 6.42 Å². The molecule has 0 bridgehead atoms. The number of nitrogens with zero attached hydrogens (tertiary/aromatic N) is 1. The average Bonchev–Trinajstić information content (AvgIpc) is 2.75. The molecular formula is C14H16ClN3. The molecule has 3 aromatic rings. The molecule has 2 aromatic carbocycles. The third kappa shape index (κ3) is 2.33. The number of fused-ring (bicyclic) bond motifs is 2. The van der Waals surface area contributed by atoms with Gasteiger partial charge in [0.1, 0.15) is 5.82 Å². The lowest BCUT2D eigenvalue weighted by atomic mass is 10.1. The minimum atomic E-state index is 0. The maximum absolute atomic E-state index is 5.51. The Morgan fingerprint density at radius 2 is 1.83 bits per heavy atom. The third-order valence-corrected chi connectivity index (χ3v) is 3.02. The number of H-pyrrole nitrogens is 1. The lowest BCUT2D eigenvalue weighted by Crippen LogP contribution is -2.01. The van der Waals surface area contributed by atoms with Crippen molar-refractivity contribution in [2.45, 2.75) is 12.8 Å². The van der Waals surface area contributed by atoms with Crippen LogP contribution in [0.3, 0.4) is 0 Å². The number of imidazole rings is 1. The van der Waals surface area contributed by atoms with Crippen LogP contribution in [0.4, 0.5) is 0 Å². The minimum Gasteiger partial charge on any atom is -0.342 e. The summed E-state index contributed by atoms with van der Waals surface area (Å²) in [4.78, 5) is 7.95. The minimum absolute atomic E-state index is 0. The first-order valence-corrected chi connectivity index (χ1v) is 5.94. The molecule has 94 valence electrons. The van der Waals surface area contributed by atoms with Crippen molar-refractivity contribution < 1.29 is 0 Å². The molecule has 0 aliphatic heterocycles. The van der Waals surface area contributed by atoms with Crippen molar-refractivity contribution in [3.05, 3.63) is 42.2 Å². The highest BCUT2D eigenvalue weighted by Gasteiger charge is 2.03. The van der Waals surface area contributed by atoms with E-state index in [2.05, 4.69) is 46.4 Å². The Hall–Kier alpha value is -1.58. The monoisotopic (exact) mass is 261 g/mol. The molecule has 1 heterocycles. The van der Waals surface area contributed by atoms with Crippen molar-refractivity contribution in [2.75, 3.05) is 6.54 Å². The summed E-state index contributed by atoms with van der Waals surface area (Å²) in [5.41, 5.74) is 7.66. The number of halogens is 1. The van der Waals surface area contributed by atoms with Gasteiger partial charge in [0.25, 0.3) is 0 Å². The Kier molecular flexibility index (Phi) is 3.84. The van der Waals surface area contributed by atoms with Gasteiger partial charge in [0.05, 0.1) is 11.0 Å². The summed E-state index contributed by atoms with van der Waals surface area (Å²) in [5.74, 6) is 1.03. The van der Waals surface area contributed by atoms with Crippen LogP contribution in [0.5, 0.6) is 0 Å². The van der Waals surface area contributed by atoms with Crippen molar-refractivity contribution >= 4 is 34.2 Å². The predicted octanol–water partition coefficient (Wildman–Crippen LogP) is 3.03. The van der Waals surface area contributed by atoms with Crippen LogP contribution in [0, 0.1) is 0 Å². The van der Waals surface area contributed by atoms with Crippen LogP contribution in [-0.4, -0.2) is 16.5 Å².